The summed E-state index contributed by atoms with van der Waals surface area (Å²) >= 11 is 0. The lowest BCUT2D eigenvalue weighted by Crippen LogP contribution is -2.45. The molecule has 0 atom stereocenters. The maximum absolute atomic E-state index is 11.2. The van der Waals surface area contributed by atoms with Crippen molar-refractivity contribution in [1.82, 2.24) is 9.91 Å². The van der Waals surface area contributed by atoms with E-state index >= 15 is 0 Å². The van der Waals surface area contributed by atoms with E-state index in [1.807, 2.05) is 17.1 Å². The smallest absolute Gasteiger partial charge is 0.278 e. The number of hydrogen-bond donors (Lipinski definition) is 0. The third-order valence-electron chi connectivity index (χ3n) is 5.38. The molecule has 0 saturated carbocycles. The van der Waals surface area contributed by atoms with E-state index in [2.05, 4.69) is 58.5 Å². The zero-order chi connectivity index (χ0) is 20.8. The summed E-state index contributed by atoms with van der Waals surface area (Å²) in [4.78, 5) is 13.3. The molecule has 1 heterocycles. The topological polar surface area (TPSA) is 62.0 Å². The van der Waals surface area contributed by atoms with Crippen molar-refractivity contribution in [3.63, 3.8) is 0 Å². The van der Waals surface area contributed by atoms with Gasteiger partial charge < -0.3 is 0 Å². The van der Waals surface area contributed by atoms with Gasteiger partial charge in [-0.05, 0) is 17.2 Å². The van der Waals surface area contributed by atoms with E-state index in [1.165, 1.54) is 17.2 Å². The molecule has 3 aromatic carbocycles. The predicted molar refractivity (Wildman–Crippen MR) is 119 cm³/mol. The Hall–Kier alpha value is -3.51. The highest BCUT2D eigenvalue weighted by atomic mass is 16.6. The highest BCUT2D eigenvalue weighted by molar-refractivity contribution is 5.84. The van der Waals surface area contributed by atoms with Gasteiger partial charge in [0, 0.05) is 32.2 Å². The predicted octanol–water partition coefficient (Wildman–Crippen LogP) is 4.34. The van der Waals surface area contributed by atoms with Crippen molar-refractivity contribution in [3.8, 4) is 0 Å². The third-order valence-corrected chi connectivity index (χ3v) is 5.38. The number of benzene rings is 3. The number of rotatable bonds is 6. The summed E-state index contributed by atoms with van der Waals surface area (Å²) in [6, 6.07) is 28.0. The van der Waals surface area contributed by atoms with Gasteiger partial charge in [0.05, 0.1) is 22.7 Å². The lowest BCUT2D eigenvalue weighted by molar-refractivity contribution is -0.385. The Bertz CT molecular complexity index is 960. The Morgan fingerprint density at radius 2 is 1.33 bits per heavy atom. The molecule has 0 unspecified atom stereocenters. The first-order valence-corrected chi connectivity index (χ1v) is 10.1. The van der Waals surface area contributed by atoms with Crippen LogP contribution in [-0.2, 0) is 0 Å². The van der Waals surface area contributed by atoms with Crippen molar-refractivity contribution in [1.29, 1.82) is 0 Å². The summed E-state index contributed by atoms with van der Waals surface area (Å²) in [5.74, 6) is 0. The molecule has 30 heavy (non-hydrogen) atoms. The SMILES string of the molecule is O=[N+]([O-])c1ccccc1/C=N/N1CCN(C(c2ccccc2)c2ccccc2)CC1. The second kappa shape index (κ2) is 9.33. The highest BCUT2D eigenvalue weighted by Gasteiger charge is 2.25. The molecule has 1 aliphatic heterocycles. The Kier molecular flexibility index (Phi) is 6.15. The molecular formula is C24H24N4O2. The molecule has 0 bridgehead atoms. The van der Waals surface area contributed by atoms with Gasteiger partial charge in [-0.1, -0.05) is 72.8 Å². The summed E-state index contributed by atoms with van der Waals surface area (Å²) < 4.78 is 0. The van der Waals surface area contributed by atoms with Crippen LogP contribution in [-0.4, -0.2) is 47.2 Å². The van der Waals surface area contributed by atoms with Crippen LogP contribution >= 0.6 is 0 Å². The van der Waals surface area contributed by atoms with Crippen LogP contribution in [0.3, 0.4) is 0 Å². The van der Waals surface area contributed by atoms with Crippen LogP contribution in [0.15, 0.2) is 90.0 Å². The lowest BCUT2D eigenvalue weighted by Gasteiger charge is -2.38. The number of nitro groups is 1. The van der Waals surface area contributed by atoms with Crippen LogP contribution in [0.25, 0.3) is 0 Å². The van der Waals surface area contributed by atoms with Gasteiger partial charge in [0.25, 0.3) is 5.69 Å². The molecule has 0 aliphatic carbocycles. The van der Waals surface area contributed by atoms with E-state index in [9.17, 15) is 10.1 Å². The Morgan fingerprint density at radius 1 is 0.800 bits per heavy atom. The number of para-hydroxylation sites is 1. The van der Waals surface area contributed by atoms with Crippen molar-refractivity contribution in [2.45, 2.75) is 6.04 Å². The second-order valence-electron chi connectivity index (χ2n) is 7.27. The van der Waals surface area contributed by atoms with Crippen molar-refractivity contribution in [2.24, 2.45) is 5.10 Å². The van der Waals surface area contributed by atoms with Crippen molar-refractivity contribution in [3.05, 3.63) is 112 Å². The largest absolute Gasteiger partial charge is 0.294 e. The van der Waals surface area contributed by atoms with E-state index in [0.717, 1.165) is 26.2 Å². The first-order valence-electron chi connectivity index (χ1n) is 10.1. The molecule has 1 fully saturated rings. The molecule has 152 valence electrons. The molecule has 3 aromatic rings. The zero-order valence-corrected chi connectivity index (χ0v) is 16.7. The number of hydrazone groups is 1. The average Bonchev–Trinajstić information content (AvgIpc) is 2.80. The summed E-state index contributed by atoms with van der Waals surface area (Å²) in [6.45, 7) is 3.27. The van der Waals surface area contributed by atoms with Crippen molar-refractivity contribution < 1.29 is 4.92 Å². The zero-order valence-electron chi connectivity index (χ0n) is 16.7. The molecule has 0 spiro atoms. The Labute approximate surface area is 176 Å². The van der Waals surface area contributed by atoms with Crippen molar-refractivity contribution in [2.75, 3.05) is 26.2 Å². The molecular weight excluding hydrogens is 376 g/mol. The molecule has 0 amide bonds. The minimum absolute atomic E-state index is 0.0769. The summed E-state index contributed by atoms with van der Waals surface area (Å²) in [5, 5.41) is 17.7. The van der Waals surface area contributed by atoms with Crippen LogP contribution in [0.1, 0.15) is 22.7 Å². The summed E-state index contributed by atoms with van der Waals surface area (Å²) in [6.07, 6.45) is 1.60. The fourth-order valence-corrected chi connectivity index (χ4v) is 3.88. The Morgan fingerprint density at radius 3 is 1.90 bits per heavy atom. The molecule has 1 aliphatic rings. The van der Waals surface area contributed by atoms with Crippen LogP contribution in [0.2, 0.25) is 0 Å². The van der Waals surface area contributed by atoms with Crippen LogP contribution in [0, 0.1) is 10.1 Å². The van der Waals surface area contributed by atoms with Gasteiger partial charge in [-0.25, -0.2) is 0 Å². The first-order chi connectivity index (χ1) is 14.7. The van der Waals surface area contributed by atoms with E-state index < -0.39 is 0 Å². The fraction of sp³-hybridized carbons (Fsp3) is 0.208. The standard InChI is InChI=1S/C24H24N4O2/c29-28(30)23-14-8-7-13-22(23)19-25-27-17-15-26(16-18-27)24(20-9-3-1-4-10-20)21-11-5-2-6-12-21/h1-14,19,24H,15-18H2/b25-19+. The number of nitro benzene ring substituents is 1. The molecule has 0 N–H and O–H groups in total. The van der Waals surface area contributed by atoms with Gasteiger partial charge in [0.15, 0.2) is 0 Å². The maximum Gasteiger partial charge on any atom is 0.278 e. The molecule has 4 rings (SSSR count). The van der Waals surface area contributed by atoms with E-state index in [1.54, 1.807) is 24.4 Å². The minimum Gasteiger partial charge on any atom is -0.294 e. The van der Waals surface area contributed by atoms with Gasteiger partial charge in [0.2, 0.25) is 0 Å². The van der Waals surface area contributed by atoms with Crippen molar-refractivity contribution >= 4 is 11.9 Å². The fourth-order valence-electron chi connectivity index (χ4n) is 3.88. The molecule has 0 radical (unpaired) electrons. The third kappa shape index (κ3) is 4.55. The van der Waals surface area contributed by atoms with E-state index in [-0.39, 0.29) is 16.7 Å². The second-order valence-corrected chi connectivity index (χ2v) is 7.27. The van der Waals surface area contributed by atoms with Crippen LogP contribution < -0.4 is 0 Å². The first kappa shape index (κ1) is 19.8. The van der Waals surface area contributed by atoms with E-state index in [0.29, 0.717) is 5.56 Å². The van der Waals surface area contributed by atoms with E-state index in [4.69, 9.17) is 0 Å². The van der Waals surface area contributed by atoms with Crippen LogP contribution in [0.5, 0.6) is 0 Å². The van der Waals surface area contributed by atoms with Gasteiger partial charge in [-0.15, -0.1) is 0 Å². The number of nitrogens with zero attached hydrogens (tertiary/aromatic N) is 4. The number of hydrogen-bond acceptors (Lipinski definition) is 5. The molecule has 0 aromatic heterocycles. The average molecular weight is 400 g/mol. The highest BCUT2D eigenvalue weighted by Crippen LogP contribution is 2.29. The normalized spacial score (nSPS) is 15.0. The Balaban J connectivity index is 1.47. The van der Waals surface area contributed by atoms with Gasteiger partial charge in [0.1, 0.15) is 0 Å². The maximum atomic E-state index is 11.2. The van der Waals surface area contributed by atoms with Gasteiger partial charge in [-0.2, -0.15) is 5.10 Å². The van der Waals surface area contributed by atoms with Gasteiger partial charge in [-0.3, -0.25) is 20.0 Å². The monoisotopic (exact) mass is 400 g/mol. The molecule has 6 nitrogen and oxygen atoms in total. The van der Waals surface area contributed by atoms with Crippen LogP contribution in [0.4, 0.5) is 5.69 Å². The molecule has 6 heteroatoms. The quantitative estimate of drug-likeness (QED) is 0.351. The molecule has 1 saturated heterocycles. The number of piperazine rings is 1. The summed E-state index contributed by atoms with van der Waals surface area (Å²) in [7, 11) is 0. The van der Waals surface area contributed by atoms with Gasteiger partial charge >= 0.3 is 0 Å². The minimum atomic E-state index is -0.371. The lowest BCUT2D eigenvalue weighted by atomic mass is 9.96. The summed E-state index contributed by atoms with van der Waals surface area (Å²) in [5.41, 5.74) is 3.16.